The number of nitrogens with zero attached hydrogens (tertiary/aromatic N) is 3. The van der Waals surface area contributed by atoms with Gasteiger partial charge in [-0.1, -0.05) is 18.2 Å². The van der Waals surface area contributed by atoms with Crippen molar-refractivity contribution in [1.82, 2.24) is 14.5 Å². The predicted octanol–water partition coefficient (Wildman–Crippen LogP) is 3.33. The maximum Gasteiger partial charge on any atom is 0.135 e. The molecular weight excluding hydrogens is 288 g/mol. The molecule has 118 valence electrons. The molecule has 1 atom stereocenters. The number of anilines is 1. The minimum absolute atomic E-state index is 0.0878. The number of nitrogens with one attached hydrogen (secondary N) is 1. The molecule has 3 rings (SSSR count). The monoisotopic (exact) mass is 308 g/mol. The number of benzene rings is 1. The first-order chi connectivity index (χ1) is 11.2. The number of imidazole rings is 1. The Labute approximate surface area is 136 Å². The summed E-state index contributed by atoms with van der Waals surface area (Å²) in [7, 11) is 3.66. The van der Waals surface area contributed by atoms with Crippen LogP contribution in [0.3, 0.4) is 0 Å². The van der Waals surface area contributed by atoms with E-state index in [-0.39, 0.29) is 6.04 Å². The summed E-state index contributed by atoms with van der Waals surface area (Å²) in [6.07, 6.45) is 3.74. The van der Waals surface area contributed by atoms with Gasteiger partial charge in [-0.2, -0.15) is 0 Å². The second-order valence-electron chi connectivity index (χ2n) is 5.41. The molecular formula is C18H20N4O. The van der Waals surface area contributed by atoms with Crippen LogP contribution in [0.4, 0.5) is 5.82 Å². The van der Waals surface area contributed by atoms with E-state index in [1.54, 1.807) is 13.3 Å². The first-order valence-corrected chi connectivity index (χ1v) is 7.49. The molecule has 1 N–H and O–H groups in total. The highest BCUT2D eigenvalue weighted by Crippen LogP contribution is 2.26. The molecule has 0 saturated carbocycles. The van der Waals surface area contributed by atoms with Crippen LogP contribution >= 0.6 is 0 Å². The Balaban J connectivity index is 1.98. The molecule has 0 fully saturated rings. The lowest BCUT2D eigenvalue weighted by Crippen LogP contribution is -2.17. The van der Waals surface area contributed by atoms with Crippen molar-refractivity contribution < 1.29 is 4.74 Å². The van der Waals surface area contributed by atoms with Gasteiger partial charge in [-0.15, -0.1) is 0 Å². The quantitative estimate of drug-likeness (QED) is 0.785. The van der Waals surface area contributed by atoms with Crippen LogP contribution in [-0.4, -0.2) is 21.6 Å². The topological polar surface area (TPSA) is 52.0 Å². The zero-order valence-electron chi connectivity index (χ0n) is 13.5. The SMILES string of the molecule is COc1ccc(C(Nc2cccc(C)n2)c2nccn2C)cc1. The molecule has 0 saturated heterocycles. The molecule has 3 aromatic rings. The van der Waals surface area contributed by atoms with Gasteiger partial charge >= 0.3 is 0 Å². The number of hydrogen-bond acceptors (Lipinski definition) is 4. The fourth-order valence-corrected chi connectivity index (χ4v) is 2.52. The predicted molar refractivity (Wildman–Crippen MR) is 90.6 cm³/mol. The Bertz CT molecular complexity index is 780. The van der Waals surface area contributed by atoms with Gasteiger partial charge in [-0.05, 0) is 36.8 Å². The van der Waals surface area contributed by atoms with E-state index in [1.807, 2.05) is 67.2 Å². The summed E-state index contributed by atoms with van der Waals surface area (Å²) in [6.45, 7) is 1.98. The van der Waals surface area contributed by atoms with Crippen LogP contribution in [0.25, 0.3) is 0 Å². The third-order valence-corrected chi connectivity index (χ3v) is 3.75. The Morgan fingerprint density at radius 2 is 1.91 bits per heavy atom. The molecule has 0 radical (unpaired) electrons. The number of aromatic nitrogens is 3. The second-order valence-corrected chi connectivity index (χ2v) is 5.41. The minimum Gasteiger partial charge on any atom is -0.497 e. The molecule has 5 nitrogen and oxygen atoms in total. The molecule has 5 heteroatoms. The van der Waals surface area contributed by atoms with Gasteiger partial charge in [-0.25, -0.2) is 9.97 Å². The van der Waals surface area contributed by atoms with E-state index >= 15 is 0 Å². The summed E-state index contributed by atoms with van der Waals surface area (Å²) < 4.78 is 7.26. The lowest BCUT2D eigenvalue weighted by molar-refractivity contribution is 0.414. The van der Waals surface area contributed by atoms with Gasteiger partial charge < -0.3 is 14.6 Å². The first kappa shape index (κ1) is 15.1. The second kappa shape index (κ2) is 6.52. The number of aryl methyl sites for hydroxylation is 2. The molecule has 0 spiro atoms. The lowest BCUT2D eigenvalue weighted by atomic mass is 10.1. The molecule has 0 aliphatic heterocycles. The van der Waals surface area contributed by atoms with Crippen molar-refractivity contribution in [2.24, 2.45) is 7.05 Å². The number of hydrogen-bond donors (Lipinski definition) is 1. The van der Waals surface area contributed by atoms with Crippen LogP contribution in [0.2, 0.25) is 0 Å². The Kier molecular flexibility index (Phi) is 4.28. The molecule has 2 aromatic heterocycles. The van der Waals surface area contributed by atoms with Crippen molar-refractivity contribution in [1.29, 1.82) is 0 Å². The van der Waals surface area contributed by atoms with E-state index in [1.165, 1.54) is 0 Å². The third-order valence-electron chi connectivity index (χ3n) is 3.75. The highest BCUT2D eigenvalue weighted by molar-refractivity contribution is 5.43. The van der Waals surface area contributed by atoms with E-state index in [4.69, 9.17) is 4.74 Å². The smallest absolute Gasteiger partial charge is 0.135 e. The number of ether oxygens (including phenoxy) is 1. The largest absolute Gasteiger partial charge is 0.497 e. The Hall–Kier alpha value is -2.82. The van der Waals surface area contributed by atoms with E-state index in [2.05, 4.69) is 15.3 Å². The third kappa shape index (κ3) is 3.34. The summed E-state index contributed by atoms with van der Waals surface area (Å²) in [4.78, 5) is 9.03. The summed E-state index contributed by atoms with van der Waals surface area (Å²) >= 11 is 0. The fourth-order valence-electron chi connectivity index (χ4n) is 2.52. The standard InChI is InChI=1S/C18H20N4O/c1-13-5-4-6-16(20-13)21-17(18-19-11-12-22(18)2)14-7-9-15(23-3)10-8-14/h4-12,17H,1-3H3,(H,20,21). The van der Waals surface area contributed by atoms with E-state index in [0.717, 1.165) is 28.6 Å². The van der Waals surface area contributed by atoms with Gasteiger partial charge in [0.25, 0.3) is 0 Å². The van der Waals surface area contributed by atoms with Crippen molar-refractivity contribution in [2.75, 3.05) is 12.4 Å². The van der Waals surface area contributed by atoms with Crippen molar-refractivity contribution in [3.05, 3.63) is 71.9 Å². The zero-order chi connectivity index (χ0) is 16.2. The van der Waals surface area contributed by atoms with Crippen LogP contribution in [-0.2, 0) is 7.05 Å². The summed E-state index contributed by atoms with van der Waals surface area (Å²) in [5, 5.41) is 3.48. The average Bonchev–Trinajstić information content (AvgIpc) is 2.99. The molecule has 0 amide bonds. The minimum atomic E-state index is -0.0878. The highest BCUT2D eigenvalue weighted by atomic mass is 16.5. The Morgan fingerprint density at radius 3 is 2.52 bits per heavy atom. The molecule has 0 aliphatic carbocycles. The summed E-state index contributed by atoms with van der Waals surface area (Å²) in [5.41, 5.74) is 2.08. The summed E-state index contributed by atoms with van der Waals surface area (Å²) in [5.74, 6) is 2.59. The van der Waals surface area contributed by atoms with Crippen LogP contribution < -0.4 is 10.1 Å². The van der Waals surface area contributed by atoms with Crippen molar-refractivity contribution in [3.63, 3.8) is 0 Å². The van der Waals surface area contributed by atoms with E-state index < -0.39 is 0 Å². The van der Waals surface area contributed by atoms with E-state index in [0.29, 0.717) is 0 Å². The summed E-state index contributed by atoms with van der Waals surface area (Å²) in [6, 6.07) is 13.8. The van der Waals surface area contributed by atoms with Crippen LogP contribution in [0, 0.1) is 6.92 Å². The first-order valence-electron chi connectivity index (χ1n) is 7.49. The maximum absolute atomic E-state index is 5.24. The molecule has 0 bridgehead atoms. The van der Waals surface area contributed by atoms with Gasteiger partial charge in [0.15, 0.2) is 0 Å². The van der Waals surface area contributed by atoms with Gasteiger partial charge in [0.2, 0.25) is 0 Å². The van der Waals surface area contributed by atoms with Crippen LogP contribution in [0.1, 0.15) is 23.1 Å². The number of methoxy groups -OCH3 is 1. The highest BCUT2D eigenvalue weighted by Gasteiger charge is 2.19. The zero-order valence-corrected chi connectivity index (χ0v) is 13.5. The van der Waals surface area contributed by atoms with Gasteiger partial charge in [0, 0.05) is 25.1 Å². The van der Waals surface area contributed by atoms with Crippen molar-refractivity contribution >= 4 is 5.82 Å². The molecule has 2 heterocycles. The number of rotatable bonds is 5. The van der Waals surface area contributed by atoms with Crippen molar-refractivity contribution in [2.45, 2.75) is 13.0 Å². The molecule has 23 heavy (non-hydrogen) atoms. The Morgan fingerprint density at radius 1 is 1.13 bits per heavy atom. The lowest BCUT2D eigenvalue weighted by Gasteiger charge is -2.20. The van der Waals surface area contributed by atoms with Crippen LogP contribution in [0.15, 0.2) is 54.9 Å². The molecule has 1 unspecified atom stereocenters. The van der Waals surface area contributed by atoms with Gasteiger partial charge in [0.1, 0.15) is 23.4 Å². The van der Waals surface area contributed by atoms with E-state index in [9.17, 15) is 0 Å². The maximum atomic E-state index is 5.24. The fraction of sp³-hybridized carbons (Fsp3) is 0.222. The van der Waals surface area contributed by atoms with Crippen molar-refractivity contribution in [3.8, 4) is 5.75 Å². The molecule has 1 aromatic carbocycles. The van der Waals surface area contributed by atoms with Gasteiger partial charge in [0.05, 0.1) is 7.11 Å². The molecule has 0 aliphatic rings. The normalized spacial score (nSPS) is 12.0. The number of pyridine rings is 1. The van der Waals surface area contributed by atoms with Crippen LogP contribution in [0.5, 0.6) is 5.75 Å². The average molecular weight is 308 g/mol. The van der Waals surface area contributed by atoms with Gasteiger partial charge in [-0.3, -0.25) is 0 Å².